The minimum absolute atomic E-state index is 0.271. The molecule has 0 spiro atoms. The lowest BCUT2D eigenvalue weighted by Gasteiger charge is -2.09. The lowest BCUT2D eigenvalue weighted by molar-refractivity contribution is 0.628. The standard InChI is InChI=1S/C19H15FN6/c1-12-2-7-16(26-25-12)10-22-19-17-8-14(9-21-18(17)23-11-24-19)13-3-5-15(20)6-4-13/h2-9,11H,10H2,1H3,(H,21,22,23,24). The van der Waals surface area contributed by atoms with Crippen molar-refractivity contribution in [1.82, 2.24) is 25.1 Å². The van der Waals surface area contributed by atoms with Crippen LogP contribution in [0, 0.1) is 12.7 Å². The quantitative estimate of drug-likeness (QED) is 0.609. The zero-order valence-corrected chi connectivity index (χ0v) is 14.0. The molecule has 4 aromatic rings. The van der Waals surface area contributed by atoms with Crippen molar-refractivity contribution in [3.05, 3.63) is 72.2 Å². The van der Waals surface area contributed by atoms with E-state index in [2.05, 4.69) is 30.5 Å². The molecule has 3 aromatic heterocycles. The summed E-state index contributed by atoms with van der Waals surface area (Å²) in [4.78, 5) is 12.9. The highest BCUT2D eigenvalue weighted by molar-refractivity contribution is 5.89. The number of fused-ring (bicyclic) bond motifs is 1. The Labute approximate surface area is 149 Å². The fraction of sp³-hybridized carbons (Fsp3) is 0.105. The number of hydrogen-bond donors (Lipinski definition) is 1. The van der Waals surface area contributed by atoms with Crippen LogP contribution in [0.15, 0.2) is 55.0 Å². The normalized spacial score (nSPS) is 10.8. The number of nitrogens with one attached hydrogen (secondary N) is 1. The van der Waals surface area contributed by atoms with Gasteiger partial charge in [0.05, 0.1) is 23.3 Å². The molecule has 1 aromatic carbocycles. The molecule has 6 nitrogen and oxygen atoms in total. The lowest BCUT2D eigenvalue weighted by Crippen LogP contribution is -2.05. The SMILES string of the molecule is Cc1ccc(CNc2ncnc3ncc(-c4ccc(F)cc4)cc23)nn1. The van der Waals surface area contributed by atoms with Crippen molar-refractivity contribution in [3.63, 3.8) is 0 Å². The fourth-order valence-corrected chi connectivity index (χ4v) is 2.58. The fourth-order valence-electron chi connectivity index (χ4n) is 2.58. The number of halogens is 1. The summed E-state index contributed by atoms with van der Waals surface area (Å²) in [5.41, 5.74) is 4.01. The molecule has 0 atom stereocenters. The number of anilines is 1. The van der Waals surface area contributed by atoms with Crippen molar-refractivity contribution >= 4 is 16.9 Å². The Kier molecular flexibility index (Phi) is 4.18. The first-order chi connectivity index (χ1) is 12.7. The molecular weight excluding hydrogens is 331 g/mol. The van der Waals surface area contributed by atoms with E-state index >= 15 is 0 Å². The van der Waals surface area contributed by atoms with Gasteiger partial charge in [0.25, 0.3) is 0 Å². The molecule has 0 saturated carbocycles. The molecule has 0 unspecified atom stereocenters. The average Bonchev–Trinajstić information content (AvgIpc) is 2.68. The molecular formula is C19H15FN6. The smallest absolute Gasteiger partial charge is 0.164 e. The number of rotatable bonds is 4. The highest BCUT2D eigenvalue weighted by atomic mass is 19.1. The maximum atomic E-state index is 13.1. The van der Waals surface area contributed by atoms with Gasteiger partial charge in [0.15, 0.2) is 5.65 Å². The van der Waals surface area contributed by atoms with Gasteiger partial charge in [0.2, 0.25) is 0 Å². The van der Waals surface area contributed by atoms with Crippen molar-refractivity contribution in [2.75, 3.05) is 5.32 Å². The third-order valence-corrected chi connectivity index (χ3v) is 3.96. The van der Waals surface area contributed by atoms with Gasteiger partial charge in [0, 0.05) is 11.8 Å². The molecule has 0 aliphatic carbocycles. The summed E-state index contributed by atoms with van der Waals surface area (Å²) in [6.45, 7) is 2.38. The third-order valence-electron chi connectivity index (χ3n) is 3.96. The van der Waals surface area contributed by atoms with Crippen LogP contribution in [-0.4, -0.2) is 25.1 Å². The summed E-state index contributed by atoms with van der Waals surface area (Å²) in [5, 5.41) is 12.2. The first-order valence-electron chi connectivity index (χ1n) is 8.09. The Morgan fingerprint density at radius 2 is 1.77 bits per heavy atom. The van der Waals surface area contributed by atoms with Crippen LogP contribution in [0.2, 0.25) is 0 Å². The van der Waals surface area contributed by atoms with Crippen molar-refractivity contribution in [1.29, 1.82) is 0 Å². The number of nitrogens with zero attached hydrogens (tertiary/aromatic N) is 5. The topological polar surface area (TPSA) is 76.5 Å². The maximum absolute atomic E-state index is 13.1. The first kappa shape index (κ1) is 16.0. The number of aryl methyl sites for hydroxylation is 1. The molecule has 0 fully saturated rings. The molecule has 26 heavy (non-hydrogen) atoms. The van der Waals surface area contributed by atoms with Crippen LogP contribution in [0.1, 0.15) is 11.4 Å². The van der Waals surface area contributed by atoms with E-state index in [0.717, 1.165) is 27.9 Å². The van der Waals surface area contributed by atoms with E-state index in [0.29, 0.717) is 18.0 Å². The van der Waals surface area contributed by atoms with Gasteiger partial charge in [-0.25, -0.2) is 19.3 Å². The monoisotopic (exact) mass is 346 g/mol. The predicted octanol–water partition coefficient (Wildman–Crippen LogP) is 3.54. The molecule has 1 N–H and O–H groups in total. The predicted molar refractivity (Wildman–Crippen MR) is 96.8 cm³/mol. The Balaban J connectivity index is 1.66. The van der Waals surface area contributed by atoms with Gasteiger partial charge >= 0.3 is 0 Å². The van der Waals surface area contributed by atoms with Gasteiger partial charge in [-0.3, -0.25) is 0 Å². The maximum Gasteiger partial charge on any atom is 0.164 e. The molecule has 128 valence electrons. The molecule has 3 heterocycles. The molecule has 0 radical (unpaired) electrons. The average molecular weight is 346 g/mol. The second kappa shape index (κ2) is 6.79. The first-order valence-corrected chi connectivity index (χ1v) is 8.09. The second-order valence-corrected chi connectivity index (χ2v) is 5.84. The number of pyridine rings is 1. The summed E-state index contributed by atoms with van der Waals surface area (Å²) >= 11 is 0. The largest absolute Gasteiger partial charge is 0.364 e. The van der Waals surface area contributed by atoms with E-state index in [4.69, 9.17) is 0 Å². The number of hydrogen-bond acceptors (Lipinski definition) is 6. The highest BCUT2D eigenvalue weighted by Gasteiger charge is 2.08. The van der Waals surface area contributed by atoms with E-state index in [-0.39, 0.29) is 5.82 Å². The van der Waals surface area contributed by atoms with E-state index in [9.17, 15) is 4.39 Å². The number of aromatic nitrogens is 5. The van der Waals surface area contributed by atoms with Crippen LogP contribution < -0.4 is 5.32 Å². The van der Waals surface area contributed by atoms with Crippen LogP contribution in [0.4, 0.5) is 10.2 Å². The molecule has 0 saturated heterocycles. The van der Waals surface area contributed by atoms with E-state index in [1.807, 2.05) is 25.1 Å². The molecule has 0 aliphatic rings. The van der Waals surface area contributed by atoms with Gasteiger partial charge in [-0.15, -0.1) is 0 Å². The lowest BCUT2D eigenvalue weighted by atomic mass is 10.1. The second-order valence-electron chi connectivity index (χ2n) is 5.84. The molecule has 4 rings (SSSR count). The van der Waals surface area contributed by atoms with Crippen LogP contribution >= 0.6 is 0 Å². The summed E-state index contributed by atoms with van der Waals surface area (Å²) in [7, 11) is 0. The van der Waals surface area contributed by atoms with Crippen molar-refractivity contribution in [2.45, 2.75) is 13.5 Å². The summed E-state index contributed by atoms with van der Waals surface area (Å²) in [6, 6.07) is 12.1. The van der Waals surface area contributed by atoms with E-state index in [1.54, 1.807) is 18.3 Å². The minimum atomic E-state index is -0.271. The van der Waals surface area contributed by atoms with Gasteiger partial charge < -0.3 is 5.32 Å². The highest BCUT2D eigenvalue weighted by Crippen LogP contribution is 2.25. The van der Waals surface area contributed by atoms with Crippen molar-refractivity contribution in [3.8, 4) is 11.1 Å². The van der Waals surface area contributed by atoms with Crippen LogP contribution in [0.3, 0.4) is 0 Å². The minimum Gasteiger partial charge on any atom is -0.364 e. The van der Waals surface area contributed by atoms with Gasteiger partial charge in [0.1, 0.15) is 18.0 Å². The van der Waals surface area contributed by atoms with Crippen molar-refractivity contribution < 1.29 is 4.39 Å². The Hall–Kier alpha value is -3.48. The van der Waals surface area contributed by atoms with Gasteiger partial charge in [-0.2, -0.15) is 10.2 Å². The summed E-state index contributed by atoms with van der Waals surface area (Å²) < 4.78 is 13.1. The number of benzene rings is 1. The van der Waals surface area contributed by atoms with E-state index < -0.39 is 0 Å². The molecule has 0 amide bonds. The zero-order valence-electron chi connectivity index (χ0n) is 14.0. The van der Waals surface area contributed by atoms with Gasteiger partial charge in [-0.05, 0) is 42.8 Å². The zero-order chi connectivity index (χ0) is 17.9. The summed E-state index contributed by atoms with van der Waals surface area (Å²) in [5.74, 6) is 0.390. The summed E-state index contributed by atoms with van der Waals surface area (Å²) in [6.07, 6.45) is 3.19. The Morgan fingerprint density at radius 1 is 0.923 bits per heavy atom. The van der Waals surface area contributed by atoms with Crippen LogP contribution in [0.5, 0.6) is 0 Å². The van der Waals surface area contributed by atoms with Crippen molar-refractivity contribution in [2.24, 2.45) is 0 Å². The van der Waals surface area contributed by atoms with Crippen LogP contribution in [0.25, 0.3) is 22.2 Å². The Morgan fingerprint density at radius 3 is 2.54 bits per heavy atom. The Bertz CT molecular complexity index is 1050. The third kappa shape index (κ3) is 3.32. The van der Waals surface area contributed by atoms with Crippen LogP contribution in [-0.2, 0) is 6.54 Å². The molecule has 0 aliphatic heterocycles. The molecule has 0 bridgehead atoms. The molecule has 7 heteroatoms. The van der Waals surface area contributed by atoms with Gasteiger partial charge in [-0.1, -0.05) is 12.1 Å². The van der Waals surface area contributed by atoms with E-state index in [1.165, 1.54) is 18.5 Å².